The second-order valence-corrected chi connectivity index (χ2v) is 5.56. The highest BCUT2D eigenvalue weighted by Crippen LogP contribution is 2.16. The fourth-order valence-corrected chi connectivity index (χ4v) is 2.78. The zero-order valence-corrected chi connectivity index (χ0v) is 12.6. The minimum Gasteiger partial charge on any atom is -0.356 e. The Morgan fingerprint density at radius 2 is 2.30 bits per heavy atom. The van der Waals surface area contributed by atoms with Crippen LogP contribution in [0.1, 0.15) is 38.9 Å². The topological polar surface area (TPSA) is 61.0 Å². The van der Waals surface area contributed by atoms with Crippen molar-refractivity contribution in [1.82, 2.24) is 15.3 Å². The van der Waals surface area contributed by atoms with E-state index in [4.69, 9.17) is 0 Å². The van der Waals surface area contributed by atoms with Crippen molar-refractivity contribution in [2.75, 3.05) is 31.1 Å². The lowest BCUT2D eigenvalue weighted by molar-refractivity contribution is 0.376. The van der Waals surface area contributed by atoms with Crippen molar-refractivity contribution in [3.63, 3.8) is 0 Å². The summed E-state index contributed by atoms with van der Waals surface area (Å²) in [7, 11) is 0. The Labute approximate surface area is 120 Å². The second-order valence-electron chi connectivity index (χ2n) is 5.56. The van der Waals surface area contributed by atoms with E-state index in [9.17, 15) is 4.79 Å². The number of hydrogen-bond donors (Lipinski definition) is 2. The van der Waals surface area contributed by atoms with Gasteiger partial charge in [0.15, 0.2) is 0 Å². The maximum Gasteiger partial charge on any atom is 0.252 e. The third-order valence-corrected chi connectivity index (χ3v) is 3.81. The molecule has 1 unspecified atom stereocenters. The van der Waals surface area contributed by atoms with Gasteiger partial charge in [-0.3, -0.25) is 4.79 Å². The monoisotopic (exact) mass is 278 g/mol. The summed E-state index contributed by atoms with van der Waals surface area (Å²) >= 11 is 0. The SMILES string of the molecule is CCCN(CC1CCCNC1)c1cc(=O)[nH]c(CC)n1. The first kappa shape index (κ1) is 15.0. The second kappa shape index (κ2) is 7.43. The maximum absolute atomic E-state index is 11.7. The summed E-state index contributed by atoms with van der Waals surface area (Å²) in [4.78, 5) is 21.4. The molecule has 1 aliphatic heterocycles. The molecule has 1 atom stereocenters. The van der Waals surface area contributed by atoms with Crippen molar-refractivity contribution in [3.05, 3.63) is 22.2 Å². The van der Waals surface area contributed by atoms with Gasteiger partial charge in [0.1, 0.15) is 11.6 Å². The molecule has 0 bridgehead atoms. The first-order valence-corrected chi connectivity index (χ1v) is 7.78. The number of rotatable bonds is 6. The van der Waals surface area contributed by atoms with Gasteiger partial charge in [-0.05, 0) is 38.3 Å². The third kappa shape index (κ3) is 4.07. The number of aromatic amines is 1. The van der Waals surface area contributed by atoms with Crippen LogP contribution in [-0.4, -0.2) is 36.1 Å². The van der Waals surface area contributed by atoms with Crippen molar-refractivity contribution in [3.8, 4) is 0 Å². The number of H-pyrrole nitrogens is 1. The first-order chi connectivity index (χ1) is 9.72. The number of aryl methyl sites for hydroxylation is 1. The summed E-state index contributed by atoms with van der Waals surface area (Å²) in [6.45, 7) is 8.32. The third-order valence-electron chi connectivity index (χ3n) is 3.81. The van der Waals surface area contributed by atoms with E-state index in [0.29, 0.717) is 5.92 Å². The molecule has 1 aliphatic rings. The fourth-order valence-electron chi connectivity index (χ4n) is 2.78. The summed E-state index contributed by atoms with van der Waals surface area (Å²) in [6.07, 6.45) is 4.33. The average molecular weight is 278 g/mol. The van der Waals surface area contributed by atoms with E-state index in [1.165, 1.54) is 12.8 Å². The van der Waals surface area contributed by atoms with Crippen LogP contribution in [0.3, 0.4) is 0 Å². The van der Waals surface area contributed by atoms with Crippen molar-refractivity contribution in [2.45, 2.75) is 39.5 Å². The standard InChI is InChI=1S/C15H26N4O/c1-3-8-19(11-12-6-5-7-16-10-12)14-9-15(20)18-13(4-2)17-14/h9,12,16H,3-8,10-11H2,1-2H3,(H,17,18,20). The molecule has 5 heteroatoms. The molecular weight excluding hydrogens is 252 g/mol. The minimum atomic E-state index is -0.0466. The van der Waals surface area contributed by atoms with Gasteiger partial charge in [-0.2, -0.15) is 0 Å². The largest absolute Gasteiger partial charge is 0.356 e. The van der Waals surface area contributed by atoms with Crippen LogP contribution in [-0.2, 0) is 6.42 Å². The molecule has 5 nitrogen and oxygen atoms in total. The van der Waals surface area contributed by atoms with Crippen molar-refractivity contribution in [1.29, 1.82) is 0 Å². The quantitative estimate of drug-likeness (QED) is 0.829. The molecule has 2 rings (SSSR count). The van der Waals surface area contributed by atoms with Crippen LogP contribution in [0, 0.1) is 5.92 Å². The molecule has 0 aliphatic carbocycles. The number of anilines is 1. The predicted molar refractivity (Wildman–Crippen MR) is 82.3 cm³/mol. The highest BCUT2D eigenvalue weighted by atomic mass is 16.1. The summed E-state index contributed by atoms with van der Waals surface area (Å²) in [5.41, 5.74) is -0.0466. The van der Waals surface area contributed by atoms with Gasteiger partial charge in [-0.25, -0.2) is 4.98 Å². The zero-order chi connectivity index (χ0) is 14.4. The van der Waals surface area contributed by atoms with Crippen molar-refractivity contribution >= 4 is 5.82 Å². The Bertz CT molecular complexity index is 465. The van der Waals surface area contributed by atoms with Crippen LogP contribution in [0.5, 0.6) is 0 Å². The van der Waals surface area contributed by atoms with E-state index in [0.717, 1.165) is 50.7 Å². The van der Waals surface area contributed by atoms with E-state index in [1.807, 2.05) is 6.92 Å². The molecule has 0 amide bonds. The number of aromatic nitrogens is 2. The lowest BCUT2D eigenvalue weighted by Crippen LogP contribution is -2.39. The van der Waals surface area contributed by atoms with Crippen molar-refractivity contribution < 1.29 is 0 Å². The lowest BCUT2D eigenvalue weighted by Gasteiger charge is -2.30. The maximum atomic E-state index is 11.7. The van der Waals surface area contributed by atoms with Gasteiger partial charge in [-0.15, -0.1) is 0 Å². The molecule has 0 radical (unpaired) electrons. The summed E-state index contributed by atoms with van der Waals surface area (Å²) in [5.74, 6) is 2.26. The summed E-state index contributed by atoms with van der Waals surface area (Å²) in [6, 6.07) is 1.63. The molecule has 20 heavy (non-hydrogen) atoms. The summed E-state index contributed by atoms with van der Waals surface area (Å²) in [5, 5.41) is 3.45. The Morgan fingerprint density at radius 1 is 1.45 bits per heavy atom. The summed E-state index contributed by atoms with van der Waals surface area (Å²) < 4.78 is 0. The van der Waals surface area contributed by atoms with Gasteiger partial charge in [0.2, 0.25) is 0 Å². The molecule has 1 aromatic heterocycles. The van der Waals surface area contributed by atoms with Gasteiger partial charge < -0.3 is 15.2 Å². The van der Waals surface area contributed by atoms with Gasteiger partial charge in [0.05, 0.1) is 0 Å². The molecule has 1 fully saturated rings. The molecule has 0 spiro atoms. The fraction of sp³-hybridized carbons (Fsp3) is 0.733. The molecule has 2 N–H and O–H groups in total. The van der Waals surface area contributed by atoms with Crippen LogP contribution in [0.2, 0.25) is 0 Å². The number of nitrogens with zero attached hydrogens (tertiary/aromatic N) is 2. The minimum absolute atomic E-state index is 0.0466. The molecule has 112 valence electrons. The van der Waals surface area contributed by atoms with Crippen LogP contribution in [0.15, 0.2) is 10.9 Å². The zero-order valence-electron chi connectivity index (χ0n) is 12.6. The molecule has 0 aromatic carbocycles. The average Bonchev–Trinajstić information content (AvgIpc) is 2.47. The highest BCUT2D eigenvalue weighted by molar-refractivity contribution is 5.37. The smallest absolute Gasteiger partial charge is 0.252 e. The van der Waals surface area contributed by atoms with E-state index in [2.05, 4.69) is 27.1 Å². The van der Waals surface area contributed by atoms with Gasteiger partial charge in [0.25, 0.3) is 5.56 Å². The predicted octanol–water partition coefficient (Wildman–Crippen LogP) is 1.55. The Balaban J connectivity index is 2.14. The van der Waals surface area contributed by atoms with E-state index < -0.39 is 0 Å². The molecule has 2 heterocycles. The van der Waals surface area contributed by atoms with E-state index in [1.54, 1.807) is 6.07 Å². The van der Waals surface area contributed by atoms with Gasteiger partial charge in [0, 0.05) is 25.6 Å². The molecular formula is C15H26N4O. The van der Waals surface area contributed by atoms with Gasteiger partial charge in [-0.1, -0.05) is 13.8 Å². The molecule has 1 saturated heterocycles. The normalized spacial score (nSPS) is 19.0. The highest BCUT2D eigenvalue weighted by Gasteiger charge is 2.18. The Kier molecular flexibility index (Phi) is 5.59. The number of hydrogen-bond acceptors (Lipinski definition) is 4. The number of piperidine rings is 1. The molecule has 0 saturated carbocycles. The number of nitrogens with one attached hydrogen (secondary N) is 2. The Hall–Kier alpha value is -1.36. The molecule has 1 aromatic rings. The lowest BCUT2D eigenvalue weighted by atomic mass is 9.99. The van der Waals surface area contributed by atoms with Gasteiger partial charge >= 0.3 is 0 Å². The van der Waals surface area contributed by atoms with Crippen LogP contribution in [0.25, 0.3) is 0 Å². The van der Waals surface area contributed by atoms with E-state index in [-0.39, 0.29) is 5.56 Å². The van der Waals surface area contributed by atoms with E-state index >= 15 is 0 Å². The van der Waals surface area contributed by atoms with Crippen LogP contribution in [0.4, 0.5) is 5.82 Å². The van der Waals surface area contributed by atoms with Crippen LogP contribution < -0.4 is 15.8 Å². The Morgan fingerprint density at radius 3 is 2.95 bits per heavy atom. The van der Waals surface area contributed by atoms with Crippen molar-refractivity contribution in [2.24, 2.45) is 5.92 Å². The van der Waals surface area contributed by atoms with Crippen LogP contribution >= 0.6 is 0 Å². The first-order valence-electron chi connectivity index (χ1n) is 7.78.